The molecule has 0 saturated carbocycles. The Hall–Kier alpha value is -1.10. The summed E-state index contributed by atoms with van der Waals surface area (Å²) in [5, 5.41) is 9.19. The van der Waals surface area contributed by atoms with E-state index >= 15 is 0 Å². The van der Waals surface area contributed by atoms with Crippen LogP contribution in [0.4, 0.5) is 0 Å². The zero-order valence-corrected chi connectivity index (χ0v) is 13.3. The maximum absolute atomic E-state index is 9.19. The average molecular weight is 293 g/mol. The van der Waals surface area contributed by atoms with Gasteiger partial charge in [-0.2, -0.15) is 0 Å². The van der Waals surface area contributed by atoms with E-state index in [1.807, 2.05) is 6.07 Å². The van der Waals surface area contributed by atoms with Gasteiger partial charge in [-0.05, 0) is 50.5 Å². The van der Waals surface area contributed by atoms with Crippen LogP contribution < -0.4 is 4.74 Å². The molecular weight excluding hydrogens is 266 g/mol. The Kier molecular flexibility index (Phi) is 6.03. The minimum absolute atomic E-state index is 0.0399. The number of nitrogens with zero attached hydrogens (tertiary/aromatic N) is 1. The van der Waals surface area contributed by atoms with Crippen molar-refractivity contribution < 1.29 is 14.6 Å². The number of benzene rings is 1. The summed E-state index contributed by atoms with van der Waals surface area (Å²) in [4.78, 5) is 2.37. The molecule has 0 spiro atoms. The van der Waals surface area contributed by atoms with Gasteiger partial charge in [-0.15, -0.1) is 0 Å². The van der Waals surface area contributed by atoms with Crippen LogP contribution in [0.15, 0.2) is 18.2 Å². The van der Waals surface area contributed by atoms with Gasteiger partial charge in [0.25, 0.3) is 0 Å². The van der Waals surface area contributed by atoms with Gasteiger partial charge in [0.15, 0.2) is 0 Å². The van der Waals surface area contributed by atoms with Crippen LogP contribution in [0.25, 0.3) is 0 Å². The molecule has 0 bridgehead atoms. The Balaban J connectivity index is 1.72. The molecule has 1 N–H and O–H groups in total. The van der Waals surface area contributed by atoms with E-state index in [-0.39, 0.29) is 12.7 Å². The lowest BCUT2D eigenvalue weighted by atomic mass is 10.1. The van der Waals surface area contributed by atoms with E-state index in [1.165, 1.54) is 11.1 Å². The first-order valence-electron chi connectivity index (χ1n) is 7.76. The van der Waals surface area contributed by atoms with Crippen molar-refractivity contribution in [2.75, 3.05) is 32.9 Å². The fourth-order valence-corrected chi connectivity index (χ4v) is 2.56. The summed E-state index contributed by atoms with van der Waals surface area (Å²) in [5.41, 5.74) is 2.56. The van der Waals surface area contributed by atoms with Crippen molar-refractivity contribution >= 4 is 0 Å². The molecular formula is C17H27NO3. The largest absolute Gasteiger partial charge is 0.494 e. The lowest BCUT2D eigenvalue weighted by Crippen LogP contribution is -2.49. The SMILES string of the molecule is Cc1ccc(OCCCN2CC(CO)OCC2C)cc1C. The predicted molar refractivity (Wildman–Crippen MR) is 83.9 cm³/mol. The standard InChI is InChI=1S/C17H27NO3/c1-13-5-6-16(9-14(13)2)20-8-4-7-18-10-17(11-19)21-12-15(18)3/h5-6,9,15,17,19H,4,7-8,10-12H2,1-3H3. The Labute approximate surface area is 127 Å². The molecule has 4 heteroatoms. The number of aliphatic hydroxyl groups is 1. The Morgan fingerprint density at radius 2 is 2.14 bits per heavy atom. The molecule has 1 aliphatic heterocycles. The predicted octanol–water partition coefficient (Wildman–Crippen LogP) is 2.15. The monoisotopic (exact) mass is 293 g/mol. The van der Waals surface area contributed by atoms with Crippen LogP contribution in [-0.2, 0) is 4.74 Å². The summed E-state index contributed by atoms with van der Waals surface area (Å²) in [6, 6.07) is 6.63. The van der Waals surface area contributed by atoms with Gasteiger partial charge in [-0.3, -0.25) is 4.90 Å². The summed E-state index contributed by atoms with van der Waals surface area (Å²) in [6.45, 7) is 9.68. The molecule has 0 amide bonds. The Morgan fingerprint density at radius 3 is 2.86 bits per heavy atom. The summed E-state index contributed by atoms with van der Waals surface area (Å²) < 4.78 is 11.4. The normalized spacial score (nSPS) is 23.2. The van der Waals surface area contributed by atoms with Crippen LogP contribution in [-0.4, -0.2) is 55.1 Å². The first-order chi connectivity index (χ1) is 10.1. The number of morpholine rings is 1. The van der Waals surface area contributed by atoms with Gasteiger partial charge in [-0.25, -0.2) is 0 Å². The number of aryl methyl sites for hydroxylation is 2. The van der Waals surface area contributed by atoms with Crippen molar-refractivity contribution in [3.05, 3.63) is 29.3 Å². The molecule has 4 nitrogen and oxygen atoms in total. The molecule has 1 saturated heterocycles. The molecule has 0 aliphatic carbocycles. The van der Waals surface area contributed by atoms with Crippen LogP contribution in [0.1, 0.15) is 24.5 Å². The van der Waals surface area contributed by atoms with Crippen molar-refractivity contribution in [1.29, 1.82) is 0 Å². The molecule has 1 heterocycles. The second kappa shape index (κ2) is 7.78. The third-order valence-corrected chi connectivity index (χ3v) is 4.18. The first kappa shape index (κ1) is 16.3. The van der Waals surface area contributed by atoms with Crippen LogP contribution in [0.3, 0.4) is 0 Å². The Bertz CT molecular complexity index is 450. The highest BCUT2D eigenvalue weighted by Gasteiger charge is 2.24. The molecule has 0 radical (unpaired) electrons. The molecule has 2 atom stereocenters. The molecule has 0 aromatic heterocycles. The summed E-state index contributed by atoms with van der Waals surface area (Å²) >= 11 is 0. The topological polar surface area (TPSA) is 41.9 Å². The van der Waals surface area contributed by atoms with Crippen LogP contribution in [0.2, 0.25) is 0 Å². The van der Waals surface area contributed by atoms with E-state index < -0.39 is 0 Å². The molecule has 21 heavy (non-hydrogen) atoms. The number of ether oxygens (including phenoxy) is 2. The number of hydrogen-bond acceptors (Lipinski definition) is 4. The highest BCUT2D eigenvalue weighted by atomic mass is 16.5. The van der Waals surface area contributed by atoms with Crippen molar-refractivity contribution in [2.45, 2.75) is 39.3 Å². The van der Waals surface area contributed by atoms with E-state index in [0.29, 0.717) is 12.6 Å². The van der Waals surface area contributed by atoms with Gasteiger partial charge in [0.1, 0.15) is 5.75 Å². The van der Waals surface area contributed by atoms with Crippen molar-refractivity contribution in [3.8, 4) is 5.75 Å². The fraction of sp³-hybridized carbons (Fsp3) is 0.647. The maximum Gasteiger partial charge on any atom is 0.119 e. The first-order valence-corrected chi connectivity index (χ1v) is 7.76. The van der Waals surface area contributed by atoms with Gasteiger partial charge in [-0.1, -0.05) is 6.07 Å². The number of aliphatic hydroxyl groups excluding tert-OH is 1. The van der Waals surface area contributed by atoms with E-state index in [0.717, 1.165) is 31.9 Å². The third kappa shape index (κ3) is 4.70. The lowest BCUT2D eigenvalue weighted by molar-refractivity contribution is -0.0784. The second-order valence-corrected chi connectivity index (χ2v) is 5.93. The molecule has 1 aromatic carbocycles. The molecule has 2 rings (SSSR count). The van der Waals surface area contributed by atoms with Crippen LogP contribution in [0.5, 0.6) is 5.75 Å². The quantitative estimate of drug-likeness (QED) is 0.816. The minimum atomic E-state index is -0.0399. The highest BCUT2D eigenvalue weighted by Crippen LogP contribution is 2.17. The van der Waals surface area contributed by atoms with Crippen molar-refractivity contribution in [1.82, 2.24) is 4.90 Å². The second-order valence-electron chi connectivity index (χ2n) is 5.93. The third-order valence-electron chi connectivity index (χ3n) is 4.18. The number of hydrogen-bond donors (Lipinski definition) is 1. The van der Waals surface area contributed by atoms with Crippen molar-refractivity contribution in [3.63, 3.8) is 0 Å². The summed E-state index contributed by atoms with van der Waals surface area (Å²) in [7, 11) is 0. The summed E-state index contributed by atoms with van der Waals surface area (Å²) in [6.07, 6.45) is 0.942. The Morgan fingerprint density at radius 1 is 1.33 bits per heavy atom. The molecule has 1 aromatic rings. The molecule has 1 aliphatic rings. The van der Waals surface area contributed by atoms with Gasteiger partial charge in [0, 0.05) is 19.1 Å². The zero-order valence-electron chi connectivity index (χ0n) is 13.3. The lowest BCUT2D eigenvalue weighted by Gasteiger charge is -2.37. The van der Waals surface area contributed by atoms with E-state index in [4.69, 9.17) is 9.47 Å². The molecule has 2 unspecified atom stereocenters. The molecule has 118 valence electrons. The zero-order chi connectivity index (χ0) is 15.2. The maximum atomic E-state index is 9.19. The van der Waals surface area contributed by atoms with Crippen LogP contribution in [0, 0.1) is 13.8 Å². The summed E-state index contributed by atoms with van der Waals surface area (Å²) in [5.74, 6) is 0.946. The smallest absolute Gasteiger partial charge is 0.119 e. The van der Waals surface area contributed by atoms with Crippen LogP contribution >= 0.6 is 0 Å². The number of rotatable bonds is 6. The van der Waals surface area contributed by atoms with Gasteiger partial charge in [0.05, 0.1) is 25.9 Å². The van der Waals surface area contributed by atoms with E-state index in [1.54, 1.807) is 0 Å². The van der Waals surface area contributed by atoms with E-state index in [9.17, 15) is 5.11 Å². The molecule has 1 fully saturated rings. The minimum Gasteiger partial charge on any atom is -0.494 e. The fourth-order valence-electron chi connectivity index (χ4n) is 2.56. The van der Waals surface area contributed by atoms with E-state index in [2.05, 4.69) is 37.8 Å². The highest BCUT2D eigenvalue weighted by molar-refractivity contribution is 5.33. The van der Waals surface area contributed by atoms with Gasteiger partial charge < -0.3 is 14.6 Å². The average Bonchev–Trinajstić information content (AvgIpc) is 2.49. The van der Waals surface area contributed by atoms with Gasteiger partial charge >= 0.3 is 0 Å². The van der Waals surface area contributed by atoms with Crippen molar-refractivity contribution in [2.24, 2.45) is 0 Å². The van der Waals surface area contributed by atoms with Gasteiger partial charge in [0.2, 0.25) is 0 Å².